The van der Waals surface area contributed by atoms with Crippen molar-refractivity contribution in [1.82, 2.24) is 10.3 Å². The third-order valence-electron chi connectivity index (χ3n) is 3.72. The Hall–Kier alpha value is -1.87. The molecule has 3 heteroatoms. The lowest BCUT2D eigenvalue weighted by Gasteiger charge is -2.22. The molecule has 2 aromatic rings. The van der Waals surface area contributed by atoms with Gasteiger partial charge in [-0.3, -0.25) is 4.98 Å². The van der Waals surface area contributed by atoms with Crippen molar-refractivity contribution >= 4 is 0 Å². The second kappa shape index (κ2) is 6.53. The Bertz CT molecular complexity index is 536. The average molecular weight is 268 g/mol. The number of para-hydroxylation sites is 1. The predicted molar refractivity (Wildman–Crippen MR) is 79.9 cm³/mol. The van der Waals surface area contributed by atoms with Gasteiger partial charge in [0.2, 0.25) is 0 Å². The topological polar surface area (TPSA) is 34.1 Å². The zero-order chi connectivity index (χ0) is 13.6. The number of hydrogen-bond acceptors (Lipinski definition) is 3. The van der Waals surface area contributed by atoms with Crippen LogP contribution >= 0.6 is 0 Å². The fourth-order valence-electron chi connectivity index (χ4n) is 2.60. The summed E-state index contributed by atoms with van der Waals surface area (Å²) in [5.74, 6) is 1.48. The van der Waals surface area contributed by atoms with Crippen molar-refractivity contribution in [2.75, 3.05) is 13.1 Å². The highest BCUT2D eigenvalue weighted by atomic mass is 16.5. The number of pyridine rings is 1. The molecule has 1 aliphatic rings. The minimum atomic E-state index is 0.531. The van der Waals surface area contributed by atoms with Crippen molar-refractivity contribution < 1.29 is 4.74 Å². The van der Waals surface area contributed by atoms with Crippen LogP contribution in [0, 0.1) is 0 Å². The molecule has 0 saturated carbocycles. The van der Waals surface area contributed by atoms with E-state index >= 15 is 0 Å². The quantitative estimate of drug-likeness (QED) is 0.925. The highest BCUT2D eigenvalue weighted by molar-refractivity contribution is 5.22. The van der Waals surface area contributed by atoms with Crippen LogP contribution in [0.1, 0.15) is 30.1 Å². The van der Waals surface area contributed by atoms with Crippen LogP contribution in [0.15, 0.2) is 48.5 Å². The highest BCUT2D eigenvalue weighted by Gasteiger charge is 2.16. The molecular formula is C17H20N2O. The first-order valence-corrected chi connectivity index (χ1v) is 7.26. The summed E-state index contributed by atoms with van der Waals surface area (Å²) in [6.07, 6.45) is 2.35. The predicted octanol–water partition coefficient (Wildman–Crippen LogP) is 3.13. The van der Waals surface area contributed by atoms with Crippen LogP contribution in [-0.4, -0.2) is 18.1 Å². The Balaban J connectivity index is 1.65. The van der Waals surface area contributed by atoms with Crippen LogP contribution < -0.4 is 10.1 Å². The molecule has 0 aliphatic carbocycles. The molecular weight excluding hydrogens is 248 g/mol. The molecule has 0 spiro atoms. The molecule has 1 fully saturated rings. The second-order valence-electron chi connectivity index (χ2n) is 5.18. The summed E-state index contributed by atoms with van der Waals surface area (Å²) in [6, 6.07) is 16.2. The van der Waals surface area contributed by atoms with Gasteiger partial charge in [-0.15, -0.1) is 0 Å². The molecule has 1 aromatic heterocycles. The van der Waals surface area contributed by atoms with E-state index in [1.54, 1.807) is 0 Å². The minimum absolute atomic E-state index is 0.531. The maximum absolute atomic E-state index is 5.76. The molecule has 104 valence electrons. The van der Waals surface area contributed by atoms with Gasteiger partial charge in [0.1, 0.15) is 12.4 Å². The number of rotatable bonds is 4. The Kier molecular flexibility index (Phi) is 4.28. The number of benzene rings is 1. The zero-order valence-corrected chi connectivity index (χ0v) is 11.6. The smallest absolute Gasteiger partial charge is 0.130 e. The molecule has 20 heavy (non-hydrogen) atoms. The molecule has 0 unspecified atom stereocenters. The number of aromatic nitrogens is 1. The molecule has 0 bridgehead atoms. The van der Waals surface area contributed by atoms with E-state index < -0.39 is 0 Å². The van der Waals surface area contributed by atoms with Gasteiger partial charge in [0, 0.05) is 11.6 Å². The summed E-state index contributed by atoms with van der Waals surface area (Å²) < 4.78 is 5.76. The highest BCUT2D eigenvalue weighted by Crippen LogP contribution is 2.23. The summed E-state index contributed by atoms with van der Waals surface area (Å²) in [6.45, 7) is 2.72. The van der Waals surface area contributed by atoms with Crippen molar-refractivity contribution in [3.05, 3.63) is 59.9 Å². The van der Waals surface area contributed by atoms with Gasteiger partial charge in [-0.2, -0.15) is 0 Å². The van der Waals surface area contributed by atoms with Crippen LogP contribution in [0.4, 0.5) is 0 Å². The van der Waals surface area contributed by atoms with E-state index in [2.05, 4.69) is 17.4 Å². The van der Waals surface area contributed by atoms with E-state index in [0.717, 1.165) is 24.5 Å². The molecule has 1 aliphatic heterocycles. The molecule has 0 atom stereocenters. The normalized spacial score (nSPS) is 16.0. The molecule has 3 rings (SSSR count). The Labute approximate surface area is 120 Å². The first kappa shape index (κ1) is 13.1. The fourth-order valence-corrected chi connectivity index (χ4v) is 2.60. The summed E-state index contributed by atoms with van der Waals surface area (Å²) in [5.41, 5.74) is 2.21. The molecule has 2 heterocycles. The summed E-state index contributed by atoms with van der Waals surface area (Å²) in [5, 5.41) is 3.39. The van der Waals surface area contributed by atoms with Gasteiger partial charge < -0.3 is 10.1 Å². The number of ether oxygens (including phenoxy) is 1. The van der Waals surface area contributed by atoms with E-state index in [1.165, 1.54) is 18.5 Å². The second-order valence-corrected chi connectivity index (χ2v) is 5.18. The van der Waals surface area contributed by atoms with E-state index in [0.29, 0.717) is 12.5 Å². The van der Waals surface area contributed by atoms with Crippen LogP contribution in [-0.2, 0) is 6.61 Å². The molecule has 0 radical (unpaired) electrons. The SMILES string of the molecule is c1ccc(OCc2cccc(C3CCNCC3)n2)cc1. The summed E-state index contributed by atoms with van der Waals surface area (Å²) >= 11 is 0. The Morgan fingerprint density at radius 2 is 1.80 bits per heavy atom. The molecule has 3 nitrogen and oxygen atoms in total. The number of nitrogens with zero attached hydrogens (tertiary/aromatic N) is 1. The van der Waals surface area contributed by atoms with Gasteiger partial charge >= 0.3 is 0 Å². The van der Waals surface area contributed by atoms with Gasteiger partial charge in [0.05, 0.1) is 5.69 Å². The molecule has 1 aromatic carbocycles. The van der Waals surface area contributed by atoms with Crippen LogP contribution in [0.3, 0.4) is 0 Å². The van der Waals surface area contributed by atoms with Crippen molar-refractivity contribution in [3.8, 4) is 5.75 Å². The van der Waals surface area contributed by atoms with Gasteiger partial charge in [0.25, 0.3) is 0 Å². The van der Waals surface area contributed by atoms with E-state index in [9.17, 15) is 0 Å². The maximum Gasteiger partial charge on any atom is 0.130 e. The zero-order valence-electron chi connectivity index (χ0n) is 11.6. The van der Waals surface area contributed by atoms with Crippen LogP contribution in [0.2, 0.25) is 0 Å². The summed E-state index contributed by atoms with van der Waals surface area (Å²) in [4.78, 5) is 4.76. The monoisotopic (exact) mass is 268 g/mol. The third kappa shape index (κ3) is 3.36. The maximum atomic E-state index is 5.76. The lowest BCUT2D eigenvalue weighted by atomic mass is 9.94. The molecule has 0 amide bonds. The van der Waals surface area contributed by atoms with Crippen molar-refractivity contribution in [3.63, 3.8) is 0 Å². The number of hydrogen-bond donors (Lipinski definition) is 1. The largest absolute Gasteiger partial charge is 0.487 e. The Morgan fingerprint density at radius 3 is 2.60 bits per heavy atom. The molecule has 1 saturated heterocycles. The fraction of sp³-hybridized carbons (Fsp3) is 0.353. The standard InChI is InChI=1S/C17H20N2O/c1-2-6-16(7-3-1)20-13-15-5-4-8-17(19-15)14-9-11-18-12-10-14/h1-8,14,18H,9-13H2. The lowest BCUT2D eigenvalue weighted by Crippen LogP contribution is -2.27. The van der Waals surface area contributed by atoms with Gasteiger partial charge in [-0.1, -0.05) is 24.3 Å². The van der Waals surface area contributed by atoms with Crippen molar-refractivity contribution in [1.29, 1.82) is 0 Å². The van der Waals surface area contributed by atoms with E-state index in [-0.39, 0.29) is 0 Å². The number of piperidine rings is 1. The van der Waals surface area contributed by atoms with Crippen LogP contribution in [0.5, 0.6) is 5.75 Å². The minimum Gasteiger partial charge on any atom is -0.487 e. The van der Waals surface area contributed by atoms with Crippen molar-refractivity contribution in [2.24, 2.45) is 0 Å². The third-order valence-corrected chi connectivity index (χ3v) is 3.72. The van der Waals surface area contributed by atoms with Gasteiger partial charge in [-0.05, 0) is 50.2 Å². The van der Waals surface area contributed by atoms with E-state index in [1.807, 2.05) is 36.4 Å². The van der Waals surface area contributed by atoms with E-state index in [4.69, 9.17) is 9.72 Å². The summed E-state index contributed by atoms with van der Waals surface area (Å²) in [7, 11) is 0. The van der Waals surface area contributed by atoms with Crippen molar-refractivity contribution in [2.45, 2.75) is 25.4 Å². The Morgan fingerprint density at radius 1 is 1.00 bits per heavy atom. The first-order valence-electron chi connectivity index (χ1n) is 7.26. The average Bonchev–Trinajstić information content (AvgIpc) is 2.55. The van der Waals surface area contributed by atoms with Gasteiger partial charge in [0.15, 0.2) is 0 Å². The number of nitrogens with one attached hydrogen (secondary N) is 1. The van der Waals surface area contributed by atoms with Gasteiger partial charge in [-0.25, -0.2) is 0 Å². The first-order chi connectivity index (χ1) is 9.92. The van der Waals surface area contributed by atoms with Crippen LogP contribution in [0.25, 0.3) is 0 Å². The molecule has 1 N–H and O–H groups in total. The lowest BCUT2D eigenvalue weighted by molar-refractivity contribution is 0.300.